The maximum Gasteiger partial charge on any atom is 0.328 e. The number of benzene rings is 2. The van der Waals surface area contributed by atoms with Gasteiger partial charge in [-0.1, -0.05) is 42.5 Å². The van der Waals surface area contributed by atoms with Gasteiger partial charge in [0.15, 0.2) is 0 Å². The van der Waals surface area contributed by atoms with Gasteiger partial charge in [0.1, 0.15) is 18.2 Å². The smallest absolute Gasteiger partial charge is 0.328 e. The van der Waals surface area contributed by atoms with Crippen molar-refractivity contribution in [1.29, 1.82) is 0 Å². The van der Waals surface area contributed by atoms with Crippen molar-refractivity contribution < 1.29 is 24.5 Å². The third kappa shape index (κ3) is 6.38. The van der Waals surface area contributed by atoms with Gasteiger partial charge >= 0.3 is 11.9 Å². The van der Waals surface area contributed by atoms with Crippen molar-refractivity contribution in [3.63, 3.8) is 0 Å². The van der Waals surface area contributed by atoms with Crippen LogP contribution in [0.4, 0.5) is 17.5 Å². The largest absolute Gasteiger partial charge is 0.490 e. The summed E-state index contributed by atoms with van der Waals surface area (Å²) in [7, 11) is 0. The lowest BCUT2D eigenvalue weighted by atomic mass is 9.96. The highest BCUT2D eigenvalue weighted by molar-refractivity contribution is 5.89. The maximum atomic E-state index is 9.55. The fourth-order valence-electron chi connectivity index (χ4n) is 4.15. The van der Waals surface area contributed by atoms with Gasteiger partial charge in [0.25, 0.3) is 0 Å². The van der Waals surface area contributed by atoms with Crippen molar-refractivity contribution in [2.75, 3.05) is 23.4 Å². The lowest BCUT2D eigenvalue weighted by molar-refractivity contribution is -0.134. The number of carbonyl (C=O) groups is 2. The van der Waals surface area contributed by atoms with Gasteiger partial charge in [-0.25, -0.2) is 14.6 Å². The summed E-state index contributed by atoms with van der Waals surface area (Å²) in [5.41, 5.74) is 4.77. The van der Waals surface area contributed by atoms with Crippen LogP contribution in [0.25, 0.3) is 0 Å². The van der Waals surface area contributed by atoms with Crippen molar-refractivity contribution in [1.82, 2.24) is 9.97 Å². The fraction of sp³-hybridized carbons (Fsp3) is 0.259. The number of rotatable bonds is 6. The Morgan fingerprint density at radius 2 is 1.64 bits per heavy atom. The van der Waals surface area contributed by atoms with Gasteiger partial charge in [-0.05, 0) is 43.4 Å². The third-order valence-corrected chi connectivity index (χ3v) is 5.81. The van der Waals surface area contributed by atoms with Gasteiger partial charge in [-0.3, -0.25) is 0 Å². The molecule has 0 saturated carbocycles. The molecular formula is C27H28N4O5. The predicted molar refractivity (Wildman–Crippen MR) is 136 cm³/mol. The van der Waals surface area contributed by atoms with E-state index < -0.39 is 11.9 Å². The first-order chi connectivity index (χ1) is 17.5. The van der Waals surface area contributed by atoms with Crippen LogP contribution >= 0.6 is 0 Å². The first-order valence-electron chi connectivity index (χ1n) is 11.8. The topological polar surface area (TPSA) is 125 Å². The van der Waals surface area contributed by atoms with Crippen LogP contribution in [-0.2, 0) is 29.0 Å². The molecule has 2 aromatic carbocycles. The van der Waals surface area contributed by atoms with E-state index >= 15 is 0 Å². The Hall–Kier alpha value is -4.40. The summed E-state index contributed by atoms with van der Waals surface area (Å²) in [4.78, 5) is 31.2. The van der Waals surface area contributed by atoms with Crippen LogP contribution < -0.4 is 15.0 Å². The van der Waals surface area contributed by atoms with Crippen molar-refractivity contribution in [3.8, 4) is 5.75 Å². The van der Waals surface area contributed by atoms with Crippen LogP contribution in [0, 0.1) is 0 Å². The van der Waals surface area contributed by atoms with Gasteiger partial charge in [-0.15, -0.1) is 0 Å². The minimum Gasteiger partial charge on any atom is -0.490 e. The highest BCUT2D eigenvalue weighted by Gasteiger charge is 2.25. The SMILES string of the molecule is O=C(O)/C=C/C(=O)O.c1ccc(CNc2nc(N3CCOc4ccccc43)nc3c2CCCC3)cc1. The first-order valence-corrected chi connectivity index (χ1v) is 11.8. The number of hydrogen-bond acceptors (Lipinski definition) is 7. The molecule has 0 amide bonds. The monoisotopic (exact) mass is 488 g/mol. The average molecular weight is 489 g/mol. The summed E-state index contributed by atoms with van der Waals surface area (Å²) in [5.74, 6) is 0.133. The Kier molecular flexibility index (Phi) is 8.12. The number of nitrogens with zero attached hydrogens (tertiary/aromatic N) is 3. The van der Waals surface area contributed by atoms with Gasteiger partial charge in [0.2, 0.25) is 5.95 Å². The van der Waals surface area contributed by atoms with Crippen LogP contribution in [0.1, 0.15) is 29.7 Å². The van der Waals surface area contributed by atoms with E-state index in [1.165, 1.54) is 29.7 Å². The molecule has 1 aliphatic heterocycles. The second-order valence-corrected chi connectivity index (χ2v) is 8.32. The summed E-state index contributed by atoms with van der Waals surface area (Å²) in [5, 5.41) is 19.2. The number of hydrogen-bond donors (Lipinski definition) is 3. The van der Waals surface area contributed by atoms with Crippen LogP contribution in [0.2, 0.25) is 0 Å². The summed E-state index contributed by atoms with van der Waals surface area (Å²) < 4.78 is 5.81. The first kappa shape index (κ1) is 24.7. The standard InChI is InChI=1S/C23H24N4O.C4H4O4/c1-2-8-17(9-3-1)16-24-22-18-10-4-5-11-19(18)25-23(26-22)27-14-15-28-21-13-7-6-12-20(21)27;5-3(6)1-2-4(7)8/h1-3,6-9,12-13H,4-5,10-11,14-16H2,(H,24,25,26);1-2H,(H,5,6)(H,7,8)/b;2-1+. The molecule has 1 aliphatic carbocycles. The van der Waals surface area contributed by atoms with E-state index in [2.05, 4.69) is 40.5 Å². The molecule has 2 aliphatic rings. The molecule has 5 rings (SSSR count). The Bertz CT molecular complexity index is 1230. The van der Waals surface area contributed by atoms with E-state index in [0.717, 1.165) is 49.1 Å². The number of aryl methyl sites for hydroxylation is 1. The molecule has 3 N–H and O–H groups in total. The molecule has 2 heterocycles. The summed E-state index contributed by atoms with van der Waals surface area (Å²) in [6.45, 7) is 2.17. The van der Waals surface area contributed by atoms with Crippen LogP contribution in [0.5, 0.6) is 5.75 Å². The predicted octanol–water partition coefficient (Wildman–Crippen LogP) is 4.21. The van der Waals surface area contributed by atoms with E-state index in [0.29, 0.717) is 18.8 Å². The normalized spacial score (nSPS) is 14.1. The molecule has 0 spiro atoms. The summed E-state index contributed by atoms with van der Waals surface area (Å²) in [6.07, 6.45) is 5.59. The molecule has 36 heavy (non-hydrogen) atoms. The van der Waals surface area contributed by atoms with Crippen molar-refractivity contribution in [2.24, 2.45) is 0 Å². The number of fused-ring (bicyclic) bond motifs is 2. The van der Waals surface area contributed by atoms with Gasteiger partial charge in [0.05, 0.1) is 17.9 Å². The summed E-state index contributed by atoms with van der Waals surface area (Å²) in [6, 6.07) is 18.6. The molecule has 0 atom stereocenters. The highest BCUT2D eigenvalue weighted by Crippen LogP contribution is 2.36. The molecule has 0 saturated heterocycles. The second-order valence-electron chi connectivity index (χ2n) is 8.32. The molecule has 0 fully saturated rings. The highest BCUT2D eigenvalue weighted by atomic mass is 16.5. The molecule has 0 bridgehead atoms. The van der Waals surface area contributed by atoms with Crippen molar-refractivity contribution in [2.45, 2.75) is 32.2 Å². The Labute approximate surface area is 209 Å². The molecule has 1 aromatic heterocycles. The Morgan fingerprint density at radius 3 is 2.39 bits per heavy atom. The van der Waals surface area contributed by atoms with Crippen LogP contribution in [0.3, 0.4) is 0 Å². The lowest BCUT2D eigenvalue weighted by Gasteiger charge is -2.31. The number of para-hydroxylation sites is 2. The number of anilines is 3. The zero-order chi connectivity index (χ0) is 25.3. The molecule has 0 radical (unpaired) electrons. The van der Waals surface area contributed by atoms with E-state index in [1.54, 1.807) is 0 Å². The number of carboxylic acids is 2. The van der Waals surface area contributed by atoms with E-state index in [-0.39, 0.29) is 0 Å². The lowest BCUT2D eigenvalue weighted by Crippen LogP contribution is -2.30. The van der Waals surface area contributed by atoms with Gasteiger partial charge < -0.3 is 25.2 Å². The van der Waals surface area contributed by atoms with E-state index in [9.17, 15) is 9.59 Å². The quantitative estimate of drug-likeness (QED) is 0.438. The fourth-order valence-corrected chi connectivity index (χ4v) is 4.15. The zero-order valence-corrected chi connectivity index (χ0v) is 19.8. The van der Waals surface area contributed by atoms with Crippen molar-refractivity contribution in [3.05, 3.63) is 83.6 Å². The Morgan fingerprint density at radius 1 is 0.944 bits per heavy atom. The second kappa shape index (κ2) is 11.8. The minimum atomic E-state index is -1.26. The zero-order valence-electron chi connectivity index (χ0n) is 19.8. The molecular weight excluding hydrogens is 460 g/mol. The molecule has 3 aromatic rings. The van der Waals surface area contributed by atoms with E-state index in [4.69, 9.17) is 24.9 Å². The molecule has 186 valence electrons. The summed E-state index contributed by atoms with van der Waals surface area (Å²) >= 11 is 0. The van der Waals surface area contributed by atoms with Gasteiger partial charge in [-0.2, -0.15) is 4.98 Å². The number of carboxylic acid groups (broad SMARTS) is 2. The van der Waals surface area contributed by atoms with Crippen LogP contribution in [0.15, 0.2) is 66.7 Å². The maximum absolute atomic E-state index is 9.55. The van der Waals surface area contributed by atoms with E-state index in [1.807, 2.05) is 24.3 Å². The van der Waals surface area contributed by atoms with Gasteiger partial charge in [0, 0.05) is 24.3 Å². The van der Waals surface area contributed by atoms with Crippen molar-refractivity contribution >= 4 is 29.4 Å². The average Bonchev–Trinajstić information content (AvgIpc) is 2.91. The number of aliphatic carboxylic acids is 2. The number of nitrogens with one attached hydrogen (secondary N) is 1. The van der Waals surface area contributed by atoms with Crippen LogP contribution in [-0.4, -0.2) is 45.3 Å². The molecule has 9 nitrogen and oxygen atoms in total. The number of aromatic nitrogens is 2. The third-order valence-electron chi connectivity index (χ3n) is 5.81. The Balaban J connectivity index is 0.000000331. The number of ether oxygens (including phenoxy) is 1. The molecule has 0 unspecified atom stereocenters. The molecule has 9 heteroatoms. The minimum absolute atomic E-state index is 0.558.